The monoisotopic (exact) mass is 329 g/mol. The number of rotatable bonds is 1. The minimum absolute atomic E-state index is 0.0347. The molecule has 4 rings (SSSR count). The van der Waals surface area contributed by atoms with E-state index in [0.29, 0.717) is 36.1 Å². The molecule has 0 radical (unpaired) electrons. The quantitative estimate of drug-likeness (QED) is 0.744. The van der Waals surface area contributed by atoms with E-state index in [9.17, 15) is 9.90 Å². The van der Waals surface area contributed by atoms with Gasteiger partial charge in [-0.3, -0.25) is 9.79 Å². The van der Waals surface area contributed by atoms with Crippen molar-refractivity contribution in [2.75, 3.05) is 13.7 Å². The summed E-state index contributed by atoms with van der Waals surface area (Å²) in [5, 5.41) is 10.5. The van der Waals surface area contributed by atoms with Crippen molar-refractivity contribution in [3.8, 4) is 0 Å². The molecule has 132 valence electrons. The first-order chi connectivity index (χ1) is 11.5. The summed E-state index contributed by atoms with van der Waals surface area (Å²) >= 11 is 0. The summed E-state index contributed by atoms with van der Waals surface area (Å²) in [6.07, 6.45) is 8.01. The average Bonchev–Trinajstić information content (AvgIpc) is 2.89. The Morgan fingerprint density at radius 2 is 2.00 bits per heavy atom. The van der Waals surface area contributed by atoms with Gasteiger partial charge in [0.15, 0.2) is 0 Å². The number of allylic oxidation sites excluding steroid dienone is 1. The standard InChI is InChI=1S/C21H31NO2/c1-13-10-14-11-15(22-3)6-9-21(14,12-23)17-7-8-20(2)16(19(13)17)4-5-18(20)24/h14,16-17,19,23H,1,4-12H2,2-3H3. The summed E-state index contributed by atoms with van der Waals surface area (Å²) in [6, 6.07) is 0. The van der Waals surface area contributed by atoms with Crippen molar-refractivity contribution in [2.24, 2.45) is 39.5 Å². The lowest BCUT2D eigenvalue weighted by Crippen LogP contribution is -2.57. The van der Waals surface area contributed by atoms with Crippen LogP contribution >= 0.6 is 0 Å². The van der Waals surface area contributed by atoms with Crippen LogP contribution in [0.1, 0.15) is 58.3 Å². The third kappa shape index (κ3) is 2.00. The SMILES string of the molecule is C=C1CC2CC(=NC)CCC2(CO)C2CCC3(C)C(=O)CCC3C12. The molecule has 4 aliphatic rings. The van der Waals surface area contributed by atoms with E-state index in [1.54, 1.807) is 0 Å². The molecule has 0 aromatic rings. The van der Waals surface area contributed by atoms with E-state index in [2.05, 4.69) is 18.5 Å². The Labute approximate surface area is 145 Å². The van der Waals surface area contributed by atoms with E-state index in [-0.39, 0.29) is 10.8 Å². The van der Waals surface area contributed by atoms with E-state index in [4.69, 9.17) is 0 Å². The molecule has 4 fully saturated rings. The van der Waals surface area contributed by atoms with Crippen molar-refractivity contribution in [1.82, 2.24) is 0 Å². The molecule has 0 aromatic carbocycles. The van der Waals surface area contributed by atoms with Crippen LogP contribution in [0.3, 0.4) is 0 Å². The van der Waals surface area contributed by atoms with Crippen molar-refractivity contribution in [1.29, 1.82) is 0 Å². The third-order valence-electron chi connectivity index (χ3n) is 8.48. The third-order valence-corrected chi connectivity index (χ3v) is 8.48. The maximum Gasteiger partial charge on any atom is 0.139 e. The van der Waals surface area contributed by atoms with Crippen LogP contribution in [-0.2, 0) is 4.79 Å². The molecule has 0 spiro atoms. The molecule has 3 heteroatoms. The molecule has 3 nitrogen and oxygen atoms in total. The predicted octanol–water partition coefficient (Wildman–Crippen LogP) is 3.81. The van der Waals surface area contributed by atoms with Crippen LogP contribution in [0.15, 0.2) is 17.1 Å². The Balaban J connectivity index is 1.72. The zero-order chi connectivity index (χ0) is 17.1. The highest BCUT2D eigenvalue weighted by molar-refractivity contribution is 5.87. The van der Waals surface area contributed by atoms with Gasteiger partial charge in [0.1, 0.15) is 5.78 Å². The number of fused-ring (bicyclic) bond motifs is 5. The summed E-state index contributed by atoms with van der Waals surface area (Å²) in [6.45, 7) is 6.99. The highest BCUT2D eigenvalue weighted by Gasteiger charge is 2.62. The van der Waals surface area contributed by atoms with Gasteiger partial charge in [-0.1, -0.05) is 19.1 Å². The fourth-order valence-corrected chi connectivity index (χ4v) is 7.04. The molecule has 6 atom stereocenters. The van der Waals surface area contributed by atoms with Crippen molar-refractivity contribution in [3.05, 3.63) is 12.2 Å². The normalized spacial score (nSPS) is 49.7. The van der Waals surface area contributed by atoms with E-state index in [1.807, 2.05) is 7.05 Å². The second kappa shape index (κ2) is 5.52. The second-order valence-corrected chi connectivity index (χ2v) is 9.10. The maximum atomic E-state index is 12.5. The van der Waals surface area contributed by atoms with Crippen LogP contribution in [0.4, 0.5) is 0 Å². The first-order valence-corrected chi connectivity index (χ1v) is 9.72. The Morgan fingerprint density at radius 1 is 1.21 bits per heavy atom. The van der Waals surface area contributed by atoms with Gasteiger partial charge in [0, 0.05) is 36.6 Å². The number of carbonyl (C=O) groups excluding carboxylic acids is 1. The molecule has 4 aliphatic carbocycles. The zero-order valence-corrected chi connectivity index (χ0v) is 15.2. The Kier molecular flexibility index (Phi) is 3.80. The Hall–Kier alpha value is -0.960. The molecule has 24 heavy (non-hydrogen) atoms. The lowest BCUT2D eigenvalue weighted by molar-refractivity contribution is -0.136. The molecular formula is C21H31NO2. The molecule has 0 heterocycles. The fraction of sp³-hybridized carbons (Fsp3) is 0.810. The van der Waals surface area contributed by atoms with Crippen molar-refractivity contribution < 1.29 is 9.90 Å². The number of aliphatic hydroxyl groups is 1. The van der Waals surface area contributed by atoms with Gasteiger partial charge in [-0.05, 0) is 68.6 Å². The van der Waals surface area contributed by atoms with Gasteiger partial charge in [-0.2, -0.15) is 0 Å². The topological polar surface area (TPSA) is 49.7 Å². The molecule has 0 aliphatic heterocycles. The summed E-state index contributed by atoms with van der Waals surface area (Å²) in [5.41, 5.74) is 2.58. The number of aliphatic imine (C=N–C) groups is 1. The fourth-order valence-electron chi connectivity index (χ4n) is 7.04. The molecular weight excluding hydrogens is 298 g/mol. The van der Waals surface area contributed by atoms with Crippen LogP contribution in [0, 0.1) is 34.5 Å². The van der Waals surface area contributed by atoms with Gasteiger partial charge < -0.3 is 5.11 Å². The van der Waals surface area contributed by atoms with Crippen LogP contribution in [-0.4, -0.2) is 30.3 Å². The summed E-state index contributed by atoms with van der Waals surface area (Å²) in [7, 11) is 1.90. The van der Waals surface area contributed by atoms with Gasteiger partial charge >= 0.3 is 0 Å². The average molecular weight is 329 g/mol. The van der Waals surface area contributed by atoms with Crippen LogP contribution in [0.25, 0.3) is 0 Å². The number of hydrogen-bond acceptors (Lipinski definition) is 3. The van der Waals surface area contributed by atoms with Gasteiger partial charge in [-0.25, -0.2) is 0 Å². The minimum Gasteiger partial charge on any atom is -0.396 e. The molecule has 0 aromatic heterocycles. The van der Waals surface area contributed by atoms with Gasteiger partial charge in [-0.15, -0.1) is 0 Å². The van der Waals surface area contributed by atoms with E-state index >= 15 is 0 Å². The summed E-state index contributed by atoms with van der Waals surface area (Å²) in [4.78, 5) is 17.0. The number of ketones is 1. The second-order valence-electron chi connectivity index (χ2n) is 9.10. The Bertz CT molecular complexity index is 609. The summed E-state index contributed by atoms with van der Waals surface area (Å²) < 4.78 is 0. The first kappa shape index (κ1) is 16.5. The Morgan fingerprint density at radius 3 is 2.71 bits per heavy atom. The predicted molar refractivity (Wildman–Crippen MR) is 96.0 cm³/mol. The number of hydrogen-bond donors (Lipinski definition) is 1. The molecule has 0 amide bonds. The number of nitrogens with zero attached hydrogens (tertiary/aromatic N) is 1. The minimum atomic E-state index is -0.127. The largest absolute Gasteiger partial charge is 0.396 e. The highest BCUT2D eigenvalue weighted by atomic mass is 16.3. The lowest BCUT2D eigenvalue weighted by Gasteiger charge is -2.60. The first-order valence-electron chi connectivity index (χ1n) is 9.72. The summed E-state index contributed by atoms with van der Waals surface area (Å²) in [5.74, 6) is 2.38. The van der Waals surface area contributed by atoms with Crippen molar-refractivity contribution >= 4 is 11.5 Å². The van der Waals surface area contributed by atoms with E-state index in [1.165, 1.54) is 11.3 Å². The number of carbonyl (C=O) groups is 1. The van der Waals surface area contributed by atoms with Crippen molar-refractivity contribution in [2.45, 2.75) is 58.3 Å². The molecule has 1 N–H and O–H groups in total. The molecule has 0 saturated heterocycles. The van der Waals surface area contributed by atoms with Crippen LogP contribution in [0.2, 0.25) is 0 Å². The smallest absolute Gasteiger partial charge is 0.139 e. The van der Waals surface area contributed by atoms with Gasteiger partial charge in [0.25, 0.3) is 0 Å². The number of aliphatic hydroxyl groups excluding tert-OH is 1. The van der Waals surface area contributed by atoms with E-state index < -0.39 is 0 Å². The molecule has 4 saturated carbocycles. The van der Waals surface area contributed by atoms with Crippen molar-refractivity contribution in [3.63, 3.8) is 0 Å². The van der Waals surface area contributed by atoms with Gasteiger partial charge in [0.2, 0.25) is 0 Å². The van der Waals surface area contributed by atoms with E-state index in [0.717, 1.165) is 51.4 Å². The molecule has 0 bridgehead atoms. The lowest BCUT2D eigenvalue weighted by atomic mass is 9.44. The maximum absolute atomic E-state index is 12.5. The molecule has 6 unspecified atom stereocenters. The number of Topliss-reactive ketones (excluding diaryl/α,β-unsaturated/α-hetero) is 1. The highest BCUT2D eigenvalue weighted by Crippen LogP contribution is 2.66. The zero-order valence-electron chi connectivity index (χ0n) is 15.2. The van der Waals surface area contributed by atoms with Crippen LogP contribution in [0.5, 0.6) is 0 Å². The van der Waals surface area contributed by atoms with Crippen LogP contribution < -0.4 is 0 Å². The van der Waals surface area contributed by atoms with Gasteiger partial charge in [0.05, 0.1) is 0 Å².